The lowest BCUT2D eigenvalue weighted by molar-refractivity contribution is -0.150. The highest BCUT2D eigenvalue weighted by Crippen LogP contribution is 2.49. The Morgan fingerprint density at radius 2 is 1.54 bits per heavy atom. The lowest BCUT2D eigenvalue weighted by atomic mass is 9.96. The minimum Gasteiger partial charge on any atom is -0.465 e. The van der Waals surface area contributed by atoms with E-state index in [1.807, 2.05) is 36.4 Å². The summed E-state index contributed by atoms with van der Waals surface area (Å²) in [5.74, 6) is -1.40. The zero-order valence-corrected chi connectivity index (χ0v) is 15.8. The van der Waals surface area contributed by atoms with Gasteiger partial charge in [0.25, 0.3) is 5.91 Å². The van der Waals surface area contributed by atoms with Crippen molar-refractivity contribution in [3.63, 3.8) is 0 Å². The van der Waals surface area contributed by atoms with E-state index < -0.39 is 29.9 Å². The molecule has 1 aliphatic rings. The molecule has 0 radical (unpaired) electrons. The predicted molar refractivity (Wildman–Crippen MR) is 104 cm³/mol. The molecule has 0 aliphatic heterocycles. The minimum atomic E-state index is -0.653. The zero-order chi connectivity index (χ0) is 20.0. The first-order valence-electron chi connectivity index (χ1n) is 9.30. The van der Waals surface area contributed by atoms with Crippen LogP contribution in [0.15, 0.2) is 60.7 Å². The quantitative estimate of drug-likeness (QED) is 0.658. The van der Waals surface area contributed by atoms with E-state index in [0.29, 0.717) is 18.5 Å². The number of carbonyl (C=O) groups excluding carboxylic acids is 3. The fourth-order valence-electron chi connectivity index (χ4n) is 3.10. The Labute approximate surface area is 164 Å². The molecule has 2 aromatic carbocycles. The van der Waals surface area contributed by atoms with Crippen LogP contribution in [0.3, 0.4) is 0 Å². The van der Waals surface area contributed by atoms with Crippen LogP contribution in [0.2, 0.25) is 0 Å². The lowest BCUT2D eigenvalue weighted by Gasteiger charge is -2.22. The van der Waals surface area contributed by atoms with Crippen molar-refractivity contribution in [3.05, 3.63) is 66.2 Å². The maximum atomic E-state index is 12.7. The molecule has 1 amide bonds. The molecular weight excluding hydrogens is 358 g/mol. The number of benzene rings is 2. The topological polar surface area (TPSA) is 72.9 Å². The molecular formula is C22H23NO5. The number of rotatable bonds is 8. The van der Waals surface area contributed by atoms with Crippen molar-refractivity contribution in [1.82, 2.24) is 0 Å². The van der Waals surface area contributed by atoms with E-state index in [0.717, 1.165) is 5.56 Å². The number of para-hydroxylation sites is 1. The molecule has 1 aliphatic carbocycles. The summed E-state index contributed by atoms with van der Waals surface area (Å²) in [4.78, 5) is 38.5. The van der Waals surface area contributed by atoms with Gasteiger partial charge in [-0.15, -0.1) is 0 Å². The molecule has 0 N–H and O–H groups in total. The van der Waals surface area contributed by atoms with Gasteiger partial charge in [0.1, 0.15) is 6.54 Å². The molecule has 6 nitrogen and oxygen atoms in total. The summed E-state index contributed by atoms with van der Waals surface area (Å²) in [6.45, 7) is 1.26. The van der Waals surface area contributed by atoms with Crippen molar-refractivity contribution in [2.75, 3.05) is 24.7 Å². The van der Waals surface area contributed by atoms with E-state index in [9.17, 15) is 14.4 Å². The van der Waals surface area contributed by atoms with Crippen LogP contribution in [-0.4, -0.2) is 37.6 Å². The first-order valence-corrected chi connectivity index (χ1v) is 9.30. The second-order valence-electron chi connectivity index (χ2n) is 6.64. The molecule has 28 heavy (non-hydrogen) atoms. The van der Waals surface area contributed by atoms with Crippen LogP contribution in [0.1, 0.15) is 25.3 Å². The Morgan fingerprint density at radius 1 is 0.929 bits per heavy atom. The summed E-state index contributed by atoms with van der Waals surface area (Å²) in [5.41, 5.74) is 0.792. The molecule has 0 spiro atoms. The van der Waals surface area contributed by atoms with E-state index in [1.165, 1.54) is 4.90 Å². The minimum absolute atomic E-state index is 0.226. The normalized spacial score (nSPS) is 14.0. The standard InChI is InChI=1S/C22H23NO5/c1-2-27-20(25)15-23(18-11-7-4-8-12-18)19(24)16-28-21(26)22(13-14-22)17-9-5-3-6-10-17/h3-12H,2,13-16H2,1H3. The SMILES string of the molecule is CCOC(=O)CN(C(=O)COC(=O)C1(c2ccccc2)CC1)c1ccccc1. The van der Waals surface area contributed by atoms with Gasteiger partial charge in [-0.2, -0.15) is 0 Å². The number of hydrogen-bond acceptors (Lipinski definition) is 5. The summed E-state index contributed by atoms with van der Waals surface area (Å²) < 4.78 is 10.3. The largest absolute Gasteiger partial charge is 0.465 e. The van der Waals surface area contributed by atoms with E-state index in [2.05, 4.69) is 0 Å². The average Bonchev–Trinajstić information content (AvgIpc) is 3.54. The molecule has 0 atom stereocenters. The third-order valence-electron chi connectivity index (χ3n) is 4.76. The van der Waals surface area contributed by atoms with Crippen LogP contribution in [0, 0.1) is 0 Å². The highest BCUT2D eigenvalue weighted by atomic mass is 16.5. The molecule has 1 fully saturated rings. The fraction of sp³-hybridized carbons (Fsp3) is 0.318. The van der Waals surface area contributed by atoms with Gasteiger partial charge in [0, 0.05) is 5.69 Å². The average molecular weight is 381 g/mol. The van der Waals surface area contributed by atoms with E-state index in [-0.39, 0.29) is 13.2 Å². The molecule has 0 bridgehead atoms. The third kappa shape index (κ3) is 4.39. The van der Waals surface area contributed by atoms with Crippen molar-refractivity contribution >= 4 is 23.5 Å². The fourth-order valence-corrected chi connectivity index (χ4v) is 3.10. The molecule has 0 saturated heterocycles. The van der Waals surface area contributed by atoms with Crippen molar-refractivity contribution in [3.8, 4) is 0 Å². The van der Waals surface area contributed by atoms with Crippen LogP contribution >= 0.6 is 0 Å². The highest BCUT2D eigenvalue weighted by molar-refractivity contribution is 5.99. The zero-order valence-electron chi connectivity index (χ0n) is 15.8. The van der Waals surface area contributed by atoms with E-state index >= 15 is 0 Å². The van der Waals surface area contributed by atoms with E-state index in [1.54, 1.807) is 31.2 Å². The summed E-state index contributed by atoms with van der Waals surface area (Å²) in [7, 11) is 0. The smallest absolute Gasteiger partial charge is 0.326 e. The summed E-state index contributed by atoms with van der Waals surface area (Å²) in [5, 5.41) is 0. The van der Waals surface area contributed by atoms with Gasteiger partial charge in [-0.1, -0.05) is 48.5 Å². The molecule has 6 heteroatoms. The molecule has 1 saturated carbocycles. The van der Waals surface area contributed by atoms with Gasteiger partial charge < -0.3 is 9.47 Å². The van der Waals surface area contributed by atoms with Gasteiger partial charge in [-0.05, 0) is 37.5 Å². The number of amides is 1. The number of anilines is 1. The van der Waals surface area contributed by atoms with Gasteiger partial charge in [0.05, 0.1) is 12.0 Å². The molecule has 2 aromatic rings. The summed E-state index contributed by atoms with van der Waals surface area (Å²) in [6.07, 6.45) is 1.41. The number of ether oxygens (including phenoxy) is 2. The van der Waals surface area contributed by atoms with Gasteiger partial charge >= 0.3 is 11.9 Å². The second kappa shape index (κ2) is 8.69. The molecule has 3 rings (SSSR count). The molecule has 0 aromatic heterocycles. The Bertz CT molecular complexity index is 831. The second-order valence-corrected chi connectivity index (χ2v) is 6.64. The van der Waals surface area contributed by atoms with Gasteiger partial charge in [-0.3, -0.25) is 19.3 Å². The van der Waals surface area contributed by atoms with Crippen LogP contribution in [0.25, 0.3) is 0 Å². The first-order chi connectivity index (χ1) is 13.6. The van der Waals surface area contributed by atoms with Crippen molar-refractivity contribution < 1.29 is 23.9 Å². The first kappa shape index (κ1) is 19.6. The number of carbonyl (C=O) groups is 3. The number of hydrogen-bond donors (Lipinski definition) is 0. The van der Waals surface area contributed by atoms with Gasteiger partial charge in [0.2, 0.25) is 0 Å². The number of nitrogens with zero attached hydrogens (tertiary/aromatic N) is 1. The maximum absolute atomic E-state index is 12.7. The molecule has 0 heterocycles. The van der Waals surface area contributed by atoms with Crippen LogP contribution < -0.4 is 4.90 Å². The molecule has 0 unspecified atom stereocenters. The number of esters is 2. The van der Waals surface area contributed by atoms with Crippen molar-refractivity contribution in [2.45, 2.75) is 25.2 Å². The van der Waals surface area contributed by atoms with E-state index in [4.69, 9.17) is 9.47 Å². The van der Waals surface area contributed by atoms with Crippen LogP contribution in [-0.2, 0) is 29.3 Å². The van der Waals surface area contributed by atoms with Crippen molar-refractivity contribution in [1.29, 1.82) is 0 Å². The van der Waals surface area contributed by atoms with Crippen LogP contribution in [0.4, 0.5) is 5.69 Å². The summed E-state index contributed by atoms with van der Waals surface area (Å²) >= 11 is 0. The molecule has 146 valence electrons. The maximum Gasteiger partial charge on any atom is 0.326 e. The summed E-state index contributed by atoms with van der Waals surface area (Å²) in [6, 6.07) is 18.2. The monoisotopic (exact) mass is 381 g/mol. The Balaban J connectivity index is 1.67. The van der Waals surface area contributed by atoms with Gasteiger partial charge in [0.15, 0.2) is 6.61 Å². The van der Waals surface area contributed by atoms with Crippen molar-refractivity contribution in [2.24, 2.45) is 0 Å². The lowest BCUT2D eigenvalue weighted by Crippen LogP contribution is -2.40. The Kier molecular flexibility index (Phi) is 6.09. The Morgan fingerprint density at radius 3 is 2.11 bits per heavy atom. The highest BCUT2D eigenvalue weighted by Gasteiger charge is 2.52. The predicted octanol–water partition coefficient (Wildman–Crippen LogP) is 2.86. The Hall–Kier alpha value is -3.15. The third-order valence-corrected chi connectivity index (χ3v) is 4.76. The van der Waals surface area contributed by atoms with Crippen LogP contribution in [0.5, 0.6) is 0 Å². The van der Waals surface area contributed by atoms with Gasteiger partial charge in [-0.25, -0.2) is 0 Å².